The maximum Gasteiger partial charge on any atom is 0.573 e. The van der Waals surface area contributed by atoms with E-state index in [0.717, 1.165) is 12.1 Å². The summed E-state index contributed by atoms with van der Waals surface area (Å²) in [6.45, 7) is -0.504. The molecule has 3 nitrogen and oxygen atoms in total. The zero-order valence-corrected chi connectivity index (χ0v) is 7.96. The molecule has 90 valence electrons. The summed E-state index contributed by atoms with van der Waals surface area (Å²) in [6.07, 6.45) is -4.87. The van der Waals surface area contributed by atoms with Crippen molar-refractivity contribution in [2.75, 3.05) is 6.61 Å². The minimum absolute atomic E-state index is 0.0722. The molecule has 1 aromatic rings. The molecule has 0 aliphatic rings. The Morgan fingerprint density at radius 2 is 2.00 bits per heavy atom. The molecule has 0 fully saturated rings. The molecule has 0 unspecified atom stereocenters. The van der Waals surface area contributed by atoms with E-state index < -0.39 is 30.6 Å². The largest absolute Gasteiger partial charge is 0.573 e. The molecular formula is C9H9F4NO2. The second-order valence-electron chi connectivity index (χ2n) is 3.02. The number of benzene rings is 1. The van der Waals surface area contributed by atoms with Crippen molar-refractivity contribution in [3.63, 3.8) is 0 Å². The van der Waals surface area contributed by atoms with E-state index in [-0.39, 0.29) is 5.56 Å². The molecule has 0 saturated carbocycles. The van der Waals surface area contributed by atoms with E-state index in [0.29, 0.717) is 6.07 Å². The van der Waals surface area contributed by atoms with E-state index in [9.17, 15) is 17.6 Å². The summed E-state index contributed by atoms with van der Waals surface area (Å²) >= 11 is 0. The van der Waals surface area contributed by atoms with Gasteiger partial charge in [-0.3, -0.25) is 0 Å². The van der Waals surface area contributed by atoms with Crippen molar-refractivity contribution >= 4 is 0 Å². The molecule has 0 aromatic heterocycles. The fraction of sp³-hybridized carbons (Fsp3) is 0.333. The van der Waals surface area contributed by atoms with E-state index in [1.807, 2.05) is 0 Å². The van der Waals surface area contributed by atoms with Gasteiger partial charge in [0.1, 0.15) is 11.6 Å². The fourth-order valence-corrected chi connectivity index (χ4v) is 1.10. The first-order chi connectivity index (χ1) is 7.33. The molecule has 16 heavy (non-hydrogen) atoms. The van der Waals surface area contributed by atoms with Gasteiger partial charge < -0.3 is 15.6 Å². The van der Waals surface area contributed by atoms with Gasteiger partial charge in [-0.25, -0.2) is 4.39 Å². The molecular weight excluding hydrogens is 230 g/mol. The van der Waals surface area contributed by atoms with Gasteiger partial charge in [0.05, 0.1) is 12.6 Å². The van der Waals surface area contributed by atoms with Crippen molar-refractivity contribution in [2.24, 2.45) is 5.73 Å². The van der Waals surface area contributed by atoms with E-state index in [1.165, 1.54) is 0 Å². The Labute approximate surface area is 88.4 Å². The molecule has 0 radical (unpaired) electrons. The number of alkyl halides is 3. The number of nitrogens with two attached hydrogens (primary N) is 1. The lowest BCUT2D eigenvalue weighted by Crippen LogP contribution is -2.18. The average Bonchev–Trinajstić information content (AvgIpc) is 2.14. The van der Waals surface area contributed by atoms with Crippen molar-refractivity contribution in [3.05, 3.63) is 29.6 Å². The van der Waals surface area contributed by atoms with Crippen LogP contribution < -0.4 is 10.5 Å². The zero-order chi connectivity index (χ0) is 12.3. The first-order valence-corrected chi connectivity index (χ1v) is 4.25. The minimum atomic E-state index is -4.87. The second-order valence-corrected chi connectivity index (χ2v) is 3.02. The topological polar surface area (TPSA) is 55.5 Å². The van der Waals surface area contributed by atoms with Crippen molar-refractivity contribution in [3.8, 4) is 5.75 Å². The Hall–Kier alpha value is -1.34. The van der Waals surface area contributed by atoms with Gasteiger partial charge in [0.2, 0.25) is 0 Å². The summed E-state index contributed by atoms with van der Waals surface area (Å²) in [5, 5.41) is 8.67. The SMILES string of the molecule is N[C@@H](CO)c1ccc(OC(F)(F)F)cc1F. The lowest BCUT2D eigenvalue weighted by molar-refractivity contribution is -0.274. The third-order valence-corrected chi connectivity index (χ3v) is 1.80. The van der Waals surface area contributed by atoms with Crippen LogP contribution in [0.1, 0.15) is 11.6 Å². The van der Waals surface area contributed by atoms with Crippen LogP contribution in [0.15, 0.2) is 18.2 Å². The summed E-state index contributed by atoms with van der Waals surface area (Å²) in [6, 6.07) is 1.57. The summed E-state index contributed by atoms with van der Waals surface area (Å²) < 4.78 is 52.1. The Morgan fingerprint density at radius 3 is 2.44 bits per heavy atom. The second kappa shape index (κ2) is 4.67. The summed E-state index contributed by atoms with van der Waals surface area (Å²) in [4.78, 5) is 0. The Bertz CT molecular complexity index is 367. The number of ether oxygens (including phenoxy) is 1. The molecule has 0 bridgehead atoms. The van der Waals surface area contributed by atoms with Crippen LogP contribution in [0, 0.1) is 5.82 Å². The third-order valence-electron chi connectivity index (χ3n) is 1.80. The summed E-state index contributed by atoms with van der Waals surface area (Å²) in [5.74, 6) is -1.62. The smallest absolute Gasteiger partial charge is 0.406 e. The van der Waals surface area contributed by atoms with E-state index in [2.05, 4.69) is 4.74 Å². The van der Waals surface area contributed by atoms with Gasteiger partial charge in [0, 0.05) is 11.6 Å². The summed E-state index contributed by atoms with van der Waals surface area (Å²) in [5.41, 5.74) is 5.25. The number of hydrogen-bond donors (Lipinski definition) is 2. The van der Waals surface area contributed by atoms with Gasteiger partial charge in [-0.1, -0.05) is 6.07 Å². The highest BCUT2D eigenvalue weighted by molar-refractivity contribution is 5.30. The Balaban J connectivity index is 2.91. The Kier molecular flexibility index (Phi) is 3.71. The molecule has 0 spiro atoms. The minimum Gasteiger partial charge on any atom is -0.406 e. The maximum atomic E-state index is 13.2. The predicted octanol–water partition coefficient (Wildman–Crippen LogP) is 1.72. The van der Waals surface area contributed by atoms with Crippen LogP contribution in [0.4, 0.5) is 17.6 Å². The van der Waals surface area contributed by atoms with Gasteiger partial charge in [0.25, 0.3) is 0 Å². The first kappa shape index (κ1) is 12.7. The number of halogens is 4. The summed E-state index contributed by atoms with van der Waals surface area (Å²) in [7, 11) is 0. The predicted molar refractivity (Wildman–Crippen MR) is 47.1 cm³/mol. The van der Waals surface area contributed by atoms with Crippen LogP contribution in [0.25, 0.3) is 0 Å². The average molecular weight is 239 g/mol. The van der Waals surface area contributed by atoms with Crippen molar-refractivity contribution in [1.29, 1.82) is 0 Å². The normalized spacial score (nSPS) is 13.6. The number of aliphatic hydroxyl groups is 1. The van der Waals surface area contributed by atoms with Crippen LogP contribution in [0.5, 0.6) is 5.75 Å². The number of aliphatic hydroxyl groups excluding tert-OH is 1. The highest BCUT2D eigenvalue weighted by atomic mass is 19.4. The quantitative estimate of drug-likeness (QED) is 0.789. The zero-order valence-electron chi connectivity index (χ0n) is 7.96. The van der Waals surface area contributed by atoms with Crippen molar-refractivity contribution in [2.45, 2.75) is 12.4 Å². The van der Waals surface area contributed by atoms with Crippen LogP contribution in [-0.4, -0.2) is 18.1 Å². The van der Waals surface area contributed by atoms with E-state index >= 15 is 0 Å². The molecule has 0 amide bonds. The van der Waals surface area contributed by atoms with Crippen molar-refractivity contribution in [1.82, 2.24) is 0 Å². The molecule has 0 heterocycles. The van der Waals surface area contributed by atoms with Gasteiger partial charge >= 0.3 is 6.36 Å². The molecule has 1 atom stereocenters. The monoisotopic (exact) mass is 239 g/mol. The van der Waals surface area contributed by atoms with Crippen LogP contribution >= 0.6 is 0 Å². The molecule has 0 aliphatic heterocycles. The molecule has 1 rings (SSSR count). The van der Waals surface area contributed by atoms with Crippen LogP contribution in [-0.2, 0) is 0 Å². The number of rotatable bonds is 3. The van der Waals surface area contributed by atoms with Crippen molar-refractivity contribution < 1.29 is 27.4 Å². The highest BCUT2D eigenvalue weighted by Crippen LogP contribution is 2.26. The lowest BCUT2D eigenvalue weighted by Gasteiger charge is -2.12. The van der Waals surface area contributed by atoms with Gasteiger partial charge in [-0.2, -0.15) is 0 Å². The molecule has 0 saturated heterocycles. The maximum absolute atomic E-state index is 13.2. The van der Waals surface area contributed by atoms with Gasteiger partial charge in [-0.05, 0) is 6.07 Å². The van der Waals surface area contributed by atoms with E-state index in [4.69, 9.17) is 10.8 Å². The lowest BCUT2D eigenvalue weighted by atomic mass is 10.1. The molecule has 3 N–H and O–H groups in total. The molecule has 1 aromatic carbocycles. The highest BCUT2D eigenvalue weighted by Gasteiger charge is 2.31. The Morgan fingerprint density at radius 1 is 1.38 bits per heavy atom. The van der Waals surface area contributed by atoms with Gasteiger partial charge in [-0.15, -0.1) is 13.2 Å². The third kappa shape index (κ3) is 3.35. The van der Waals surface area contributed by atoms with Gasteiger partial charge in [0.15, 0.2) is 0 Å². The first-order valence-electron chi connectivity index (χ1n) is 4.25. The fourth-order valence-electron chi connectivity index (χ4n) is 1.10. The number of hydrogen-bond acceptors (Lipinski definition) is 3. The standard InChI is InChI=1S/C9H9F4NO2/c10-7-3-5(16-9(11,12)13)1-2-6(7)8(14)4-15/h1-3,8,15H,4,14H2/t8-/m0/s1. The van der Waals surface area contributed by atoms with Crippen LogP contribution in [0.2, 0.25) is 0 Å². The van der Waals surface area contributed by atoms with E-state index in [1.54, 1.807) is 0 Å². The molecule has 7 heteroatoms. The molecule has 0 aliphatic carbocycles. The van der Waals surface area contributed by atoms with Crippen LogP contribution in [0.3, 0.4) is 0 Å².